The van der Waals surface area contributed by atoms with Gasteiger partial charge in [0.15, 0.2) is 5.58 Å². The zero-order valence-corrected chi connectivity index (χ0v) is 11.0. The molecule has 0 saturated heterocycles. The lowest BCUT2D eigenvalue weighted by Crippen LogP contribution is -2.22. The van der Waals surface area contributed by atoms with Crippen molar-refractivity contribution in [1.29, 1.82) is 5.26 Å². The van der Waals surface area contributed by atoms with Crippen molar-refractivity contribution in [2.45, 2.75) is 6.54 Å². The SMILES string of the molecule is N#Cc1cccc(C(=O)NCc2nc3ccccc3o2)c1. The number of carbonyl (C=O) groups excluding carboxylic acids is 1. The molecule has 0 aliphatic heterocycles. The average molecular weight is 277 g/mol. The monoisotopic (exact) mass is 277 g/mol. The second kappa shape index (κ2) is 5.47. The number of para-hydroxylation sites is 2. The first-order chi connectivity index (χ1) is 10.3. The smallest absolute Gasteiger partial charge is 0.251 e. The summed E-state index contributed by atoms with van der Waals surface area (Å²) in [4.78, 5) is 16.3. The number of oxazole rings is 1. The van der Waals surface area contributed by atoms with Crippen LogP contribution in [0.2, 0.25) is 0 Å². The van der Waals surface area contributed by atoms with Gasteiger partial charge in [0.2, 0.25) is 5.89 Å². The molecule has 21 heavy (non-hydrogen) atoms. The lowest BCUT2D eigenvalue weighted by Gasteiger charge is -2.02. The molecule has 3 rings (SSSR count). The molecule has 0 spiro atoms. The molecular formula is C16H11N3O2. The number of fused-ring (bicyclic) bond motifs is 1. The normalized spacial score (nSPS) is 10.2. The Balaban J connectivity index is 1.72. The number of nitrogens with one attached hydrogen (secondary N) is 1. The molecule has 5 nitrogen and oxygen atoms in total. The fourth-order valence-corrected chi connectivity index (χ4v) is 1.98. The third-order valence-corrected chi connectivity index (χ3v) is 2.99. The lowest BCUT2D eigenvalue weighted by molar-refractivity contribution is 0.0947. The van der Waals surface area contributed by atoms with Crippen molar-refractivity contribution in [3.63, 3.8) is 0 Å². The molecule has 0 bridgehead atoms. The van der Waals surface area contributed by atoms with E-state index in [1.807, 2.05) is 30.3 Å². The fraction of sp³-hybridized carbons (Fsp3) is 0.0625. The minimum absolute atomic E-state index is 0.199. The van der Waals surface area contributed by atoms with Crippen LogP contribution >= 0.6 is 0 Å². The second-order valence-corrected chi connectivity index (χ2v) is 4.45. The molecule has 1 aromatic heterocycles. The number of rotatable bonds is 3. The molecule has 3 aromatic rings. The van der Waals surface area contributed by atoms with Gasteiger partial charge in [0.1, 0.15) is 5.52 Å². The van der Waals surface area contributed by atoms with Gasteiger partial charge in [-0.2, -0.15) is 5.26 Å². The largest absolute Gasteiger partial charge is 0.439 e. The van der Waals surface area contributed by atoms with Gasteiger partial charge < -0.3 is 9.73 Å². The maximum atomic E-state index is 12.0. The summed E-state index contributed by atoms with van der Waals surface area (Å²) in [6.07, 6.45) is 0. The molecule has 1 amide bonds. The fourth-order valence-electron chi connectivity index (χ4n) is 1.98. The number of hydrogen-bond donors (Lipinski definition) is 1. The first-order valence-corrected chi connectivity index (χ1v) is 6.39. The summed E-state index contributed by atoms with van der Waals surface area (Å²) >= 11 is 0. The summed E-state index contributed by atoms with van der Waals surface area (Å²) in [5, 5.41) is 11.5. The van der Waals surface area contributed by atoms with E-state index in [-0.39, 0.29) is 12.5 Å². The van der Waals surface area contributed by atoms with Gasteiger partial charge in [-0.05, 0) is 30.3 Å². The van der Waals surface area contributed by atoms with Gasteiger partial charge in [0.05, 0.1) is 18.2 Å². The van der Waals surface area contributed by atoms with Crippen LogP contribution in [0.25, 0.3) is 11.1 Å². The highest BCUT2D eigenvalue weighted by Gasteiger charge is 2.09. The van der Waals surface area contributed by atoms with E-state index in [9.17, 15) is 4.79 Å². The van der Waals surface area contributed by atoms with Crippen molar-refractivity contribution in [2.24, 2.45) is 0 Å². The van der Waals surface area contributed by atoms with Crippen molar-refractivity contribution < 1.29 is 9.21 Å². The van der Waals surface area contributed by atoms with Crippen molar-refractivity contribution in [3.05, 3.63) is 65.5 Å². The van der Waals surface area contributed by atoms with E-state index >= 15 is 0 Å². The Labute approximate surface area is 120 Å². The van der Waals surface area contributed by atoms with Gasteiger partial charge in [-0.15, -0.1) is 0 Å². The molecule has 0 unspecified atom stereocenters. The Hall–Kier alpha value is -3.13. The molecule has 0 saturated carbocycles. The number of nitrogens with zero attached hydrogens (tertiary/aromatic N) is 2. The highest BCUT2D eigenvalue weighted by atomic mass is 16.3. The predicted octanol–water partition coefficient (Wildman–Crippen LogP) is 2.63. The van der Waals surface area contributed by atoms with Crippen molar-refractivity contribution in [2.75, 3.05) is 0 Å². The van der Waals surface area contributed by atoms with E-state index < -0.39 is 0 Å². The number of amides is 1. The maximum Gasteiger partial charge on any atom is 0.251 e. The molecule has 0 fully saturated rings. The molecule has 5 heteroatoms. The van der Waals surface area contributed by atoms with E-state index in [4.69, 9.17) is 9.68 Å². The number of carbonyl (C=O) groups is 1. The van der Waals surface area contributed by atoms with Crippen LogP contribution in [0.15, 0.2) is 52.9 Å². The van der Waals surface area contributed by atoms with Crippen LogP contribution in [0.4, 0.5) is 0 Å². The summed E-state index contributed by atoms with van der Waals surface area (Å²) in [7, 11) is 0. The molecule has 1 heterocycles. The summed E-state index contributed by atoms with van der Waals surface area (Å²) in [6.45, 7) is 0.199. The Morgan fingerprint density at radius 1 is 1.24 bits per heavy atom. The molecule has 0 radical (unpaired) electrons. The molecule has 0 aliphatic carbocycles. The summed E-state index contributed by atoms with van der Waals surface area (Å²) < 4.78 is 5.52. The summed E-state index contributed by atoms with van der Waals surface area (Å²) in [5.41, 5.74) is 2.33. The third-order valence-electron chi connectivity index (χ3n) is 2.99. The second-order valence-electron chi connectivity index (χ2n) is 4.45. The van der Waals surface area contributed by atoms with Crippen molar-refractivity contribution in [3.8, 4) is 6.07 Å². The molecule has 2 aromatic carbocycles. The lowest BCUT2D eigenvalue weighted by atomic mass is 10.1. The van der Waals surface area contributed by atoms with E-state index in [0.717, 1.165) is 5.52 Å². The van der Waals surface area contributed by atoms with Gasteiger partial charge in [0, 0.05) is 5.56 Å². The van der Waals surface area contributed by atoms with E-state index in [2.05, 4.69) is 10.3 Å². The first-order valence-electron chi connectivity index (χ1n) is 6.39. The quantitative estimate of drug-likeness (QED) is 0.798. The van der Waals surface area contributed by atoms with Gasteiger partial charge in [-0.1, -0.05) is 18.2 Å². The standard InChI is InChI=1S/C16H11N3O2/c17-9-11-4-3-5-12(8-11)16(20)18-10-15-19-13-6-1-2-7-14(13)21-15/h1-8H,10H2,(H,18,20). The Morgan fingerprint density at radius 3 is 2.90 bits per heavy atom. The van der Waals surface area contributed by atoms with Crippen LogP contribution in [0.5, 0.6) is 0 Å². The highest BCUT2D eigenvalue weighted by Crippen LogP contribution is 2.14. The minimum Gasteiger partial charge on any atom is -0.439 e. The van der Waals surface area contributed by atoms with E-state index in [0.29, 0.717) is 22.6 Å². The number of hydrogen-bond acceptors (Lipinski definition) is 4. The van der Waals surface area contributed by atoms with Crippen LogP contribution in [-0.4, -0.2) is 10.9 Å². The van der Waals surface area contributed by atoms with Gasteiger partial charge in [0.25, 0.3) is 5.91 Å². The molecular weight excluding hydrogens is 266 g/mol. The zero-order chi connectivity index (χ0) is 14.7. The van der Waals surface area contributed by atoms with Crippen LogP contribution in [-0.2, 0) is 6.54 Å². The van der Waals surface area contributed by atoms with Crippen LogP contribution in [0.1, 0.15) is 21.8 Å². The minimum atomic E-state index is -0.269. The van der Waals surface area contributed by atoms with Gasteiger partial charge in [-0.3, -0.25) is 4.79 Å². The molecule has 1 N–H and O–H groups in total. The van der Waals surface area contributed by atoms with Gasteiger partial charge in [-0.25, -0.2) is 4.98 Å². The molecule has 0 atom stereocenters. The van der Waals surface area contributed by atoms with Crippen LogP contribution in [0.3, 0.4) is 0 Å². The van der Waals surface area contributed by atoms with Crippen LogP contribution in [0, 0.1) is 11.3 Å². The molecule has 102 valence electrons. The number of benzene rings is 2. The third kappa shape index (κ3) is 2.74. The van der Waals surface area contributed by atoms with Crippen molar-refractivity contribution >= 4 is 17.0 Å². The van der Waals surface area contributed by atoms with E-state index in [1.165, 1.54) is 0 Å². The Bertz CT molecular complexity index is 813. The average Bonchev–Trinajstić information content (AvgIpc) is 2.95. The molecule has 0 aliphatic rings. The number of aromatic nitrogens is 1. The van der Waals surface area contributed by atoms with Gasteiger partial charge >= 0.3 is 0 Å². The number of nitriles is 1. The van der Waals surface area contributed by atoms with Crippen molar-refractivity contribution in [1.82, 2.24) is 10.3 Å². The maximum absolute atomic E-state index is 12.0. The first kappa shape index (κ1) is 12.9. The summed E-state index contributed by atoms with van der Waals surface area (Å²) in [5.74, 6) is 0.176. The zero-order valence-electron chi connectivity index (χ0n) is 11.0. The van der Waals surface area contributed by atoms with Crippen LogP contribution < -0.4 is 5.32 Å². The van der Waals surface area contributed by atoms with E-state index in [1.54, 1.807) is 24.3 Å². The highest BCUT2D eigenvalue weighted by molar-refractivity contribution is 5.94. The predicted molar refractivity (Wildman–Crippen MR) is 76.3 cm³/mol. The topological polar surface area (TPSA) is 78.9 Å². The Kier molecular flexibility index (Phi) is 3.36. The summed E-state index contributed by atoms with van der Waals surface area (Å²) in [6, 6.07) is 15.9. The Morgan fingerprint density at radius 2 is 2.10 bits per heavy atom.